The normalized spacial score (nSPS) is 15.5. The fourth-order valence-corrected chi connectivity index (χ4v) is 5.95. The number of aryl methyl sites for hydroxylation is 3. The van der Waals surface area contributed by atoms with Gasteiger partial charge >= 0.3 is 0 Å². The lowest BCUT2D eigenvalue weighted by Gasteiger charge is -2.26. The van der Waals surface area contributed by atoms with Crippen molar-refractivity contribution in [1.82, 2.24) is 0 Å². The van der Waals surface area contributed by atoms with Gasteiger partial charge < -0.3 is 0 Å². The highest BCUT2D eigenvalue weighted by molar-refractivity contribution is 5.66. The molecule has 180 valence electrons. The molecule has 0 bridgehead atoms. The highest BCUT2D eigenvalue weighted by Crippen LogP contribution is 2.32. The van der Waals surface area contributed by atoms with E-state index >= 15 is 0 Å². The minimum absolute atomic E-state index is 0.852. The summed E-state index contributed by atoms with van der Waals surface area (Å²) in [4.78, 5) is 0. The van der Waals surface area contributed by atoms with Crippen LogP contribution in [0.15, 0.2) is 30.8 Å². The Morgan fingerprint density at radius 3 is 2.21 bits per heavy atom. The zero-order chi connectivity index (χ0) is 23.8. The van der Waals surface area contributed by atoms with E-state index in [4.69, 9.17) is 0 Å². The molecule has 0 aromatic heterocycles. The van der Waals surface area contributed by atoms with Crippen molar-refractivity contribution in [3.8, 4) is 0 Å². The second-order valence-corrected chi connectivity index (χ2v) is 10.8. The number of allylic oxidation sites excluding steroid dienone is 1. The Morgan fingerprint density at radius 2 is 1.55 bits per heavy atom. The summed E-state index contributed by atoms with van der Waals surface area (Å²) >= 11 is 0. The fourth-order valence-electron chi connectivity index (χ4n) is 5.95. The third-order valence-corrected chi connectivity index (χ3v) is 7.91. The van der Waals surface area contributed by atoms with Crippen LogP contribution in [0.25, 0.3) is 5.57 Å². The average Bonchev–Trinajstić information content (AvgIpc) is 2.79. The Bertz CT molecular complexity index is 930. The molecule has 1 unspecified atom stereocenters. The Labute approximate surface area is 204 Å². The summed E-state index contributed by atoms with van der Waals surface area (Å²) in [6, 6.07) is 9.64. The van der Waals surface area contributed by atoms with Gasteiger partial charge in [-0.3, -0.25) is 0 Å². The molecule has 33 heavy (non-hydrogen) atoms. The van der Waals surface area contributed by atoms with Crippen LogP contribution in [-0.2, 0) is 38.5 Å². The summed E-state index contributed by atoms with van der Waals surface area (Å²) in [6.45, 7) is 15.7. The number of unbranched alkanes of at least 4 members (excludes halogenated alkanes) is 3. The summed E-state index contributed by atoms with van der Waals surface area (Å²) in [5.74, 6) is 0.852. The minimum atomic E-state index is 0.852. The van der Waals surface area contributed by atoms with Crippen molar-refractivity contribution < 1.29 is 0 Å². The lowest BCUT2D eigenvalue weighted by Crippen LogP contribution is -2.15. The molecule has 0 fully saturated rings. The van der Waals surface area contributed by atoms with Crippen LogP contribution in [0.5, 0.6) is 0 Å². The number of hydrogen-bond donors (Lipinski definition) is 0. The predicted molar refractivity (Wildman–Crippen MR) is 147 cm³/mol. The molecule has 1 atom stereocenters. The number of hydrogen-bond acceptors (Lipinski definition) is 0. The first-order chi connectivity index (χ1) is 16.0. The molecule has 0 radical (unpaired) electrons. The van der Waals surface area contributed by atoms with Gasteiger partial charge in [-0.1, -0.05) is 76.5 Å². The standard InChI is InChI=1S/C33H48/c1-7-9-16-31-26(6)30(24(3)4)22-21-27(31)14-11-10-12-15-28-19-20-29-18-17-25(5)23-33(29)32(28)13-8-2/h19-22,25H,3,7-18,23H2,1-2,4-6H3. The molecule has 2 aromatic carbocycles. The molecule has 1 aliphatic carbocycles. The third-order valence-electron chi connectivity index (χ3n) is 7.91. The molecule has 1 aliphatic rings. The zero-order valence-corrected chi connectivity index (χ0v) is 22.3. The van der Waals surface area contributed by atoms with Crippen molar-refractivity contribution in [3.63, 3.8) is 0 Å². The monoisotopic (exact) mass is 444 g/mol. The third kappa shape index (κ3) is 6.62. The van der Waals surface area contributed by atoms with Crippen molar-refractivity contribution >= 4 is 5.57 Å². The summed E-state index contributed by atoms with van der Waals surface area (Å²) in [6.07, 6.45) is 16.7. The van der Waals surface area contributed by atoms with Crippen LogP contribution in [-0.4, -0.2) is 0 Å². The van der Waals surface area contributed by atoms with Crippen LogP contribution >= 0.6 is 0 Å². The highest BCUT2D eigenvalue weighted by atomic mass is 14.2. The van der Waals surface area contributed by atoms with Crippen LogP contribution < -0.4 is 0 Å². The first kappa shape index (κ1) is 25.8. The molecule has 0 spiro atoms. The smallest absolute Gasteiger partial charge is 0.0201 e. The van der Waals surface area contributed by atoms with E-state index < -0.39 is 0 Å². The minimum Gasteiger partial charge on any atom is -0.0955 e. The SMILES string of the molecule is C=C(C)c1ccc(CCCCCc2ccc3c(c2CCC)CC(C)CC3)c(CCCC)c1C. The van der Waals surface area contributed by atoms with Gasteiger partial charge in [0.15, 0.2) is 0 Å². The highest BCUT2D eigenvalue weighted by Gasteiger charge is 2.19. The van der Waals surface area contributed by atoms with Crippen LogP contribution in [0.4, 0.5) is 0 Å². The summed E-state index contributed by atoms with van der Waals surface area (Å²) in [5.41, 5.74) is 13.9. The lowest BCUT2D eigenvalue weighted by atomic mass is 9.79. The van der Waals surface area contributed by atoms with Crippen molar-refractivity contribution in [2.45, 2.75) is 118 Å². The zero-order valence-electron chi connectivity index (χ0n) is 22.3. The number of benzene rings is 2. The van der Waals surface area contributed by atoms with Crippen LogP contribution in [0, 0.1) is 12.8 Å². The summed E-state index contributed by atoms with van der Waals surface area (Å²) < 4.78 is 0. The largest absolute Gasteiger partial charge is 0.0955 e. The molecule has 3 rings (SSSR count). The van der Waals surface area contributed by atoms with Gasteiger partial charge in [-0.2, -0.15) is 0 Å². The number of fused-ring (bicyclic) bond motifs is 1. The molecule has 0 heteroatoms. The van der Waals surface area contributed by atoms with Gasteiger partial charge in [0, 0.05) is 0 Å². The molecule has 0 amide bonds. The van der Waals surface area contributed by atoms with Crippen molar-refractivity contribution in [3.05, 3.63) is 75.4 Å². The first-order valence-corrected chi connectivity index (χ1v) is 13.9. The van der Waals surface area contributed by atoms with E-state index in [0.717, 1.165) is 5.92 Å². The maximum atomic E-state index is 4.20. The average molecular weight is 445 g/mol. The summed E-state index contributed by atoms with van der Waals surface area (Å²) in [7, 11) is 0. The number of rotatable bonds is 12. The van der Waals surface area contributed by atoms with E-state index in [-0.39, 0.29) is 0 Å². The van der Waals surface area contributed by atoms with E-state index in [9.17, 15) is 0 Å². The second-order valence-electron chi connectivity index (χ2n) is 10.8. The quantitative estimate of drug-likeness (QED) is 0.286. The van der Waals surface area contributed by atoms with Gasteiger partial charge in [0.1, 0.15) is 0 Å². The Kier molecular flexibility index (Phi) is 9.84. The topological polar surface area (TPSA) is 0 Å². The fraction of sp³-hybridized carbons (Fsp3) is 0.576. The molecule has 2 aromatic rings. The maximum Gasteiger partial charge on any atom is -0.0201 e. The van der Waals surface area contributed by atoms with E-state index in [1.165, 1.54) is 100 Å². The van der Waals surface area contributed by atoms with E-state index in [1.807, 2.05) is 0 Å². The van der Waals surface area contributed by atoms with Gasteiger partial charge in [0.25, 0.3) is 0 Å². The van der Waals surface area contributed by atoms with Crippen LogP contribution in [0.2, 0.25) is 0 Å². The summed E-state index contributed by atoms with van der Waals surface area (Å²) in [5, 5.41) is 0. The van der Waals surface area contributed by atoms with Crippen molar-refractivity contribution in [2.75, 3.05) is 0 Å². The predicted octanol–water partition coefficient (Wildman–Crippen LogP) is 9.40. The van der Waals surface area contributed by atoms with E-state index in [2.05, 4.69) is 65.5 Å². The molecule has 0 saturated carbocycles. The Hall–Kier alpha value is -1.82. The van der Waals surface area contributed by atoms with Gasteiger partial charge in [0.05, 0.1) is 0 Å². The van der Waals surface area contributed by atoms with Gasteiger partial charge in [-0.25, -0.2) is 0 Å². The van der Waals surface area contributed by atoms with Gasteiger partial charge in [-0.15, -0.1) is 0 Å². The molecular weight excluding hydrogens is 396 g/mol. The van der Waals surface area contributed by atoms with Crippen molar-refractivity contribution in [1.29, 1.82) is 0 Å². The molecule has 0 N–H and O–H groups in total. The Morgan fingerprint density at radius 1 is 0.848 bits per heavy atom. The van der Waals surface area contributed by atoms with Gasteiger partial charge in [0.2, 0.25) is 0 Å². The van der Waals surface area contributed by atoms with Crippen LogP contribution in [0.3, 0.4) is 0 Å². The van der Waals surface area contributed by atoms with E-state index in [1.54, 1.807) is 33.4 Å². The molecular formula is C33H48. The molecule has 0 nitrogen and oxygen atoms in total. The van der Waals surface area contributed by atoms with Crippen molar-refractivity contribution in [2.24, 2.45) is 5.92 Å². The lowest BCUT2D eigenvalue weighted by molar-refractivity contribution is 0.497. The van der Waals surface area contributed by atoms with Gasteiger partial charge in [-0.05, 0) is 128 Å². The molecule has 0 heterocycles. The molecule has 0 aliphatic heterocycles. The Balaban J connectivity index is 1.61. The second kappa shape index (κ2) is 12.6. The van der Waals surface area contributed by atoms with E-state index in [0.29, 0.717) is 0 Å². The first-order valence-electron chi connectivity index (χ1n) is 13.9. The van der Waals surface area contributed by atoms with Crippen LogP contribution in [0.1, 0.15) is 117 Å². The maximum absolute atomic E-state index is 4.20. The molecule has 0 saturated heterocycles.